The lowest BCUT2D eigenvalue weighted by Gasteiger charge is -2.26. The molecule has 2 aromatic carbocycles. The highest BCUT2D eigenvalue weighted by Gasteiger charge is 2.30. The number of nitrogens with zero attached hydrogens (tertiary/aromatic N) is 1. The highest BCUT2D eigenvalue weighted by Crippen LogP contribution is 2.36. The van der Waals surface area contributed by atoms with E-state index in [9.17, 15) is 0 Å². The first-order valence-corrected chi connectivity index (χ1v) is 7.67. The van der Waals surface area contributed by atoms with Crippen LogP contribution in [0, 0.1) is 3.57 Å². The van der Waals surface area contributed by atoms with Crippen LogP contribution in [0.3, 0.4) is 0 Å². The van der Waals surface area contributed by atoms with E-state index in [0.29, 0.717) is 6.04 Å². The molecule has 2 aromatic rings. The van der Waals surface area contributed by atoms with Crippen molar-refractivity contribution in [3.63, 3.8) is 0 Å². The van der Waals surface area contributed by atoms with Crippen LogP contribution in [0.4, 0.5) is 11.4 Å². The summed E-state index contributed by atoms with van der Waals surface area (Å²) in [6, 6.07) is 17.6. The van der Waals surface area contributed by atoms with Crippen LogP contribution in [-0.2, 0) is 6.54 Å². The zero-order valence-corrected chi connectivity index (χ0v) is 12.9. The van der Waals surface area contributed by atoms with Crippen LogP contribution in [-0.4, -0.2) is 6.04 Å². The summed E-state index contributed by atoms with van der Waals surface area (Å²) in [6.45, 7) is 0.978. The van der Waals surface area contributed by atoms with Crippen LogP contribution in [0.15, 0.2) is 48.5 Å². The molecule has 3 heteroatoms. The average molecular weight is 364 g/mol. The molecule has 0 atom stereocenters. The van der Waals surface area contributed by atoms with Gasteiger partial charge in [0.15, 0.2) is 0 Å². The van der Waals surface area contributed by atoms with Crippen molar-refractivity contribution in [2.24, 2.45) is 0 Å². The van der Waals surface area contributed by atoms with Gasteiger partial charge in [-0.2, -0.15) is 0 Å². The van der Waals surface area contributed by atoms with Gasteiger partial charge < -0.3 is 10.6 Å². The highest BCUT2D eigenvalue weighted by atomic mass is 127. The first kappa shape index (κ1) is 12.8. The molecule has 0 heterocycles. The first-order chi connectivity index (χ1) is 9.24. The Morgan fingerprint density at radius 3 is 2.47 bits per heavy atom. The standard InChI is InChI=1S/C16H17IN2/c17-15-10-13(18)6-9-16(15)19(14-7-8-14)11-12-4-2-1-3-5-12/h1-6,9-10,14H,7-8,11,18H2. The van der Waals surface area contributed by atoms with Crippen molar-refractivity contribution in [1.82, 2.24) is 0 Å². The van der Waals surface area contributed by atoms with Crippen molar-refractivity contribution < 1.29 is 0 Å². The molecule has 0 aliphatic heterocycles. The zero-order valence-electron chi connectivity index (χ0n) is 10.7. The van der Waals surface area contributed by atoms with Gasteiger partial charge >= 0.3 is 0 Å². The van der Waals surface area contributed by atoms with Crippen LogP contribution >= 0.6 is 22.6 Å². The fraction of sp³-hybridized carbons (Fsp3) is 0.250. The third-order valence-electron chi connectivity index (χ3n) is 3.46. The minimum atomic E-state index is 0.692. The van der Waals surface area contributed by atoms with Crippen LogP contribution < -0.4 is 10.6 Å². The quantitative estimate of drug-likeness (QED) is 0.655. The molecule has 1 fully saturated rings. The van der Waals surface area contributed by atoms with Crippen molar-refractivity contribution in [3.05, 3.63) is 57.7 Å². The number of nitrogens with two attached hydrogens (primary N) is 1. The van der Waals surface area contributed by atoms with Gasteiger partial charge in [-0.05, 0) is 59.2 Å². The van der Waals surface area contributed by atoms with Crippen LogP contribution in [0.25, 0.3) is 0 Å². The molecular weight excluding hydrogens is 347 g/mol. The number of halogens is 1. The maximum atomic E-state index is 5.85. The fourth-order valence-electron chi connectivity index (χ4n) is 2.33. The van der Waals surface area contributed by atoms with Gasteiger partial charge in [-0.1, -0.05) is 30.3 Å². The predicted octanol–water partition coefficient (Wildman–Crippen LogP) is 4.04. The molecule has 2 N–H and O–H groups in total. The Balaban J connectivity index is 1.89. The summed E-state index contributed by atoms with van der Waals surface area (Å²) in [5.41, 5.74) is 9.35. The van der Waals surface area contributed by atoms with Crippen molar-refractivity contribution >= 4 is 34.0 Å². The van der Waals surface area contributed by atoms with E-state index >= 15 is 0 Å². The Labute approximate surface area is 127 Å². The molecular formula is C16H17IN2. The summed E-state index contributed by atoms with van der Waals surface area (Å²) in [5, 5.41) is 0. The van der Waals surface area contributed by atoms with Gasteiger partial charge in [0, 0.05) is 21.8 Å². The first-order valence-electron chi connectivity index (χ1n) is 6.59. The van der Waals surface area contributed by atoms with Gasteiger partial charge in [-0.15, -0.1) is 0 Å². The molecule has 2 nitrogen and oxygen atoms in total. The zero-order chi connectivity index (χ0) is 13.2. The summed E-state index contributed by atoms with van der Waals surface area (Å²) >= 11 is 2.38. The third kappa shape index (κ3) is 3.03. The molecule has 1 saturated carbocycles. The molecule has 19 heavy (non-hydrogen) atoms. The molecule has 0 saturated heterocycles. The van der Waals surface area contributed by atoms with Crippen molar-refractivity contribution in [1.29, 1.82) is 0 Å². The summed E-state index contributed by atoms with van der Waals surface area (Å²) in [5.74, 6) is 0. The number of rotatable bonds is 4. The van der Waals surface area contributed by atoms with Gasteiger partial charge in [0.05, 0.1) is 5.69 Å². The number of hydrogen-bond acceptors (Lipinski definition) is 2. The molecule has 0 radical (unpaired) electrons. The van der Waals surface area contributed by atoms with E-state index in [1.54, 1.807) is 0 Å². The van der Waals surface area contributed by atoms with Crippen molar-refractivity contribution in [2.45, 2.75) is 25.4 Å². The highest BCUT2D eigenvalue weighted by molar-refractivity contribution is 14.1. The monoisotopic (exact) mass is 364 g/mol. The second kappa shape index (κ2) is 5.41. The van der Waals surface area contributed by atoms with Crippen LogP contribution in [0.2, 0.25) is 0 Å². The number of nitrogen functional groups attached to an aromatic ring is 1. The lowest BCUT2D eigenvalue weighted by molar-refractivity contribution is 0.792. The summed E-state index contributed by atoms with van der Waals surface area (Å²) in [6.07, 6.45) is 2.60. The molecule has 0 aromatic heterocycles. The second-order valence-corrected chi connectivity index (χ2v) is 6.22. The molecule has 98 valence electrons. The number of benzene rings is 2. The summed E-state index contributed by atoms with van der Waals surface area (Å²) < 4.78 is 1.24. The van der Waals surface area contributed by atoms with Gasteiger partial charge in [-0.3, -0.25) is 0 Å². The Bertz CT molecular complexity index is 564. The third-order valence-corrected chi connectivity index (χ3v) is 4.33. The average Bonchev–Trinajstić information content (AvgIpc) is 3.22. The van der Waals surface area contributed by atoms with Gasteiger partial charge in [-0.25, -0.2) is 0 Å². The lowest BCUT2D eigenvalue weighted by atomic mass is 10.2. The van der Waals surface area contributed by atoms with Crippen LogP contribution in [0.5, 0.6) is 0 Å². The Hall–Kier alpha value is -1.23. The maximum absolute atomic E-state index is 5.85. The maximum Gasteiger partial charge on any atom is 0.0508 e. The van der Waals surface area contributed by atoms with E-state index in [0.717, 1.165) is 12.2 Å². The molecule has 0 unspecified atom stereocenters. The summed E-state index contributed by atoms with van der Waals surface area (Å²) in [4.78, 5) is 2.51. The normalized spacial score (nSPS) is 14.4. The van der Waals surface area contributed by atoms with Crippen LogP contribution in [0.1, 0.15) is 18.4 Å². The number of anilines is 2. The largest absolute Gasteiger partial charge is 0.399 e. The topological polar surface area (TPSA) is 29.3 Å². The van der Waals surface area contributed by atoms with Crippen molar-refractivity contribution in [3.8, 4) is 0 Å². The fourth-order valence-corrected chi connectivity index (χ4v) is 3.18. The Morgan fingerprint density at radius 1 is 1.11 bits per heavy atom. The Kier molecular flexibility index (Phi) is 3.64. The predicted molar refractivity (Wildman–Crippen MR) is 89.2 cm³/mol. The molecule has 1 aliphatic rings. The van der Waals surface area contributed by atoms with Crippen molar-refractivity contribution in [2.75, 3.05) is 10.6 Å². The molecule has 3 rings (SSSR count). The van der Waals surface area contributed by atoms with E-state index in [2.05, 4.69) is 70.0 Å². The van der Waals surface area contributed by atoms with E-state index in [1.807, 2.05) is 6.07 Å². The number of hydrogen-bond donors (Lipinski definition) is 1. The van der Waals surface area contributed by atoms with Gasteiger partial charge in [0.25, 0.3) is 0 Å². The van der Waals surface area contributed by atoms with E-state index in [4.69, 9.17) is 5.73 Å². The Morgan fingerprint density at radius 2 is 1.84 bits per heavy atom. The van der Waals surface area contributed by atoms with E-state index in [1.165, 1.54) is 27.7 Å². The second-order valence-electron chi connectivity index (χ2n) is 5.06. The summed E-state index contributed by atoms with van der Waals surface area (Å²) in [7, 11) is 0. The SMILES string of the molecule is Nc1ccc(N(Cc2ccccc2)C2CC2)c(I)c1. The van der Waals surface area contributed by atoms with Gasteiger partial charge in [0.1, 0.15) is 0 Å². The molecule has 0 spiro atoms. The van der Waals surface area contributed by atoms with E-state index in [-0.39, 0.29) is 0 Å². The van der Waals surface area contributed by atoms with E-state index < -0.39 is 0 Å². The molecule has 0 amide bonds. The minimum absolute atomic E-state index is 0.692. The van der Waals surface area contributed by atoms with Gasteiger partial charge in [0.2, 0.25) is 0 Å². The molecule has 0 bridgehead atoms. The molecule has 1 aliphatic carbocycles. The lowest BCUT2D eigenvalue weighted by Crippen LogP contribution is -2.25. The minimum Gasteiger partial charge on any atom is -0.399 e. The smallest absolute Gasteiger partial charge is 0.0508 e.